The molecule has 0 radical (unpaired) electrons. The summed E-state index contributed by atoms with van der Waals surface area (Å²) >= 11 is 0. The Morgan fingerprint density at radius 2 is 2.00 bits per heavy atom. The minimum Gasteiger partial charge on any atom is -0.467 e. The minimum absolute atomic E-state index is 0.0116. The Kier molecular flexibility index (Phi) is 4.83. The highest BCUT2D eigenvalue weighted by Crippen LogP contribution is 2.30. The van der Waals surface area contributed by atoms with Crippen LogP contribution in [-0.2, 0) is 22.6 Å². The van der Waals surface area contributed by atoms with Gasteiger partial charge in [0.05, 0.1) is 29.9 Å². The number of amides is 1. The summed E-state index contributed by atoms with van der Waals surface area (Å²) in [7, 11) is -3.27. The summed E-state index contributed by atoms with van der Waals surface area (Å²) in [6, 6.07) is 6.74. The summed E-state index contributed by atoms with van der Waals surface area (Å²) in [6.45, 7) is -0.0116. The molecule has 1 aliphatic rings. The quantitative estimate of drug-likeness (QED) is 0.808. The van der Waals surface area contributed by atoms with E-state index in [1.807, 2.05) is 0 Å². The molecule has 1 amide bonds. The first-order valence-corrected chi connectivity index (χ1v) is 9.69. The van der Waals surface area contributed by atoms with E-state index in [1.54, 1.807) is 12.1 Å². The van der Waals surface area contributed by atoms with Crippen LogP contribution in [-0.4, -0.2) is 36.8 Å². The molecule has 0 unspecified atom stereocenters. The zero-order chi connectivity index (χ0) is 18.9. The summed E-state index contributed by atoms with van der Waals surface area (Å²) in [4.78, 5) is 14.1. The lowest BCUT2D eigenvalue weighted by Crippen LogP contribution is -2.40. The topological polar surface area (TPSA) is 67.6 Å². The highest BCUT2D eigenvalue weighted by Gasteiger charge is 2.36. The Bertz CT molecular complexity index is 891. The van der Waals surface area contributed by atoms with Gasteiger partial charge in [-0.1, -0.05) is 6.07 Å². The number of carbonyl (C=O) groups excluding carboxylic acids is 1. The highest BCUT2D eigenvalue weighted by atomic mass is 32.2. The van der Waals surface area contributed by atoms with E-state index in [-0.39, 0.29) is 30.0 Å². The van der Waals surface area contributed by atoms with Crippen LogP contribution >= 0.6 is 0 Å². The predicted molar refractivity (Wildman–Crippen MR) is 87.1 cm³/mol. The third-order valence-electron chi connectivity index (χ3n) is 4.25. The van der Waals surface area contributed by atoms with Gasteiger partial charge in [-0.2, -0.15) is 13.2 Å². The molecule has 26 heavy (non-hydrogen) atoms. The van der Waals surface area contributed by atoms with Gasteiger partial charge in [-0.25, -0.2) is 8.42 Å². The van der Waals surface area contributed by atoms with Crippen molar-refractivity contribution in [2.75, 3.05) is 11.5 Å². The summed E-state index contributed by atoms with van der Waals surface area (Å²) in [6.07, 6.45) is -2.92. The van der Waals surface area contributed by atoms with Crippen molar-refractivity contribution < 1.29 is 30.8 Å². The molecule has 1 atom stereocenters. The average molecular weight is 387 g/mol. The van der Waals surface area contributed by atoms with Crippen LogP contribution in [0.4, 0.5) is 13.2 Å². The Hall–Kier alpha value is -2.29. The second-order valence-electron chi connectivity index (χ2n) is 6.15. The van der Waals surface area contributed by atoms with Gasteiger partial charge in [0.2, 0.25) is 0 Å². The smallest absolute Gasteiger partial charge is 0.416 e. The standard InChI is InChI=1S/C17H16F3NO4S/c18-17(19,20)13-4-1-3-12(9-13)16(22)21(10-15-5-2-7-25-15)14-6-8-26(23,24)11-14/h1-5,7,9,14H,6,8,10-11H2/t14-/m0/s1. The summed E-state index contributed by atoms with van der Waals surface area (Å²) in [5.74, 6) is -0.495. The molecular weight excluding hydrogens is 371 g/mol. The SMILES string of the molecule is O=C(c1cccc(C(F)(F)F)c1)N(Cc1ccco1)[C@H]1CCS(=O)(=O)C1. The number of nitrogens with zero attached hydrogens (tertiary/aromatic N) is 1. The largest absolute Gasteiger partial charge is 0.467 e. The Morgan fingerprint density at radius 1 is 1.23 bits per heavy atom. The van der Waals surface area contributed by atoms with Crippen molar-refractivity contribution in [1.82, 2.24) is 4.90 Å². The fraction of sp³-hybridized carbons (Fsp3) is 0.353. The van der Waals surface area contributed by atoms with E-state index in [2.05, 4.69) is 0 Å². The van der Waals surface area contributed by atoms with Gasteiger partial charge in [0.25, 0.3) is 5.91 Å². The zero-order valence-corrected chi connectivity index (χ0v) is 14.4. The van der Waals surface area contributed by atoms with Gasteiger partial charge in [-0.05, 0) is 36.8 Å². The van der Waals surface area contributed by atoms with E-state index < -0.39 is 33.5 Å². The van der Waals surface area contributed by atoms with Gasteiger partial charge >= 0.3 is 6.18 Å². The van der Waals surface area contributed by atoms with Crippen LogP contribution in [0, 0.1) is 0 Å². The molecule has 3 rings (SSSR count). The number of benzene rings is 1. The van der Waals surface area contributed by atoms with Gasteiger partial charge < -0.3 is 9.32 Å². The number of sulfone groups is 1. The molecule has 1 fully saturated rings. The van der Waals surface area contributed by atoms with E-state index in [0.29, 0.717) is 5.76 Å². The molecule has 1 saturated heterocycles. The maximum absolute atomic E-state index is 12.9. The van der Waals surface area contributed by atoms with E-state index in [9.17, 15) is 26.4 Å². The summed E-state index contributed by atoms with van der Waals surface area (Å²) < 4.78 is 67.5. The molecule has 2 aromatic rings. The molecule has 2 heterocycles. The normalized spacial score (nSPS) is 19.4. The first kappa shape index (κ1) is 18.5. The third kappa shape index (κ3) is 4.09. The zero-order valence-electron chi connectivity index (χ0n) is 13.6. The highest BCUT2D eigenvalue weighted by molar-refractivity contribution is 7.91. The lowest BCUT2D eigenvalue weighted by Gasteiger charge is -2.27. The first-order chi connectivity index (χ1) is 12.2. The molecular formula is C17H16F3NO4S. The molecule has 1 aliphatic heterocycles. The van der Waals surface area contributed by atoms with Gasteiger partial charge in [0.15, 0.2) is 9.84 Å². The van der Waals surface area contributed by atoms with Crippen molar-refractivity contribution in [3.63, 3.8) is 0 Å². The van der Waals surface area contributed by atoms with Crippen LogP contribution in [0.3, 0.4) is 0 Å². The van der Waals surface area contributed by atoms with Gasteiger partial charge in [0, 0.05) is 11.6 Å². The van der Waals surface area contributed by atoms with Crippen molar-refractivity contribution in [2.45, 2.75) is 25.2 Å². The number of furan rings is 1. The maximum Gasteiger partial charge on any atom is 0.416 e. The van der Waals surface area contributed by atoms with Crippen molar-refractivity contribution >= 4 is 15.7 Å². The number of carbonyl (C=O) groups is 1. The molecule has 1 aromatic carbocycles. The fourth-order valence-electron chi connectivity index (χ4n) is 2.95. The van der Waals surface area contributed by atoms with E-state index in [0.717, 1.165) is 18.2 Å². The van der Waals surface area contributed by atoms with Gasteiger partial charge in [-0.3, -0.25) is 4.79 Å². The predicted octanol–water partition coefficient (Wildman–Crippen LogP) is 3.13. The Balaban J connectivity index is 1.92. The lowest BCUT2D eigenvalue weighted by molar-refractivity contribution is -0.137. The molecule has 0 saturated carbocycles. The summed E-state index contributed by atoms with van der Waals surface area (Å²) in [5.41, 5.74) is -1.07. The monoisotopic (exact) mass is 387 g/mol. The van der Waals surface area contributed by atoms with Gasteiger partial charge in [-0.15, -0.1) is 0 Å². The van der Waals surface area contributed by atoms with Gasteiger partial charge in [0.1, 0.15) is 5.76 Å². The van der Waals surface area contributed by atoms with E-state index in [1.165, 1.54) is 17.2 Å². The number of alkyl halides is 3. The van der Waals surface area contributed by atoms with Crippen LogP contribution in [0.5, 0.6) is 0 Å². The molecule has 5 nitrogen and oxygen atoms in total. The Labute approximate surface area is 148 Å². The number of halogens is 3. The molecule has 1 aromatic heterocycles. The molecule has 0 aliphatic carbocycles. The first-order valence-electron chi connectivity index (χ1n) is 7.87. The second kappa shape index (κ2) is 6.79. The lowest BCUT2D eigenvalue weighted by atomic mass is 10.1. The third-order valence-corrected chi connectivity index (χ3v) is 6.00. The fourth-order valence-corrected chi connectivity index (χ4v) is 4.68. The maximum atomic E-state index is 12.9. The molecule has 9 heteroatoms. The average Bonchev–Trinajstić information content (AvgIpc) is 3.20. The Morgan fingerprint density at radius 3 is 2.58 bits per heavy atom. The number of hydrogen-bond acceptors (Lipinski definition) is 4. The summed E-state index contributed by atoms with van der Waals surface area (Å²) in [5, 5.41) is 0. The minimum atomic E-state index is -4.57. The van der Waals surface area contributed by atoms with Crippen LogP contribution < -0.4 is 0 Å². The van der Waals surface area contributed by atoms with Crippen LogP contribution in [0.1, 0.15) is 28.1 Å². The molecule has 0 spiro atoms. The van der Waals surface area contributed by atoms with Crippen LogP contribution in [0.15, 0.2) is 47.1 Å². The van der Waals surface area contributed by atoms with E-state index in [4.69, 9.17) is 4.42 Å². The van der Waals surface area contributed by atoms with Crippen LogP contribution in [0.2, 0.25) is 0 Å². The number of rotatable bonds is 4. The molecule has 140 valence electrons. The van der Waals surface area contributed by atoms with Crippen molar-refractivity contribution in [3.05, 3.63) is 59.5 Å². The van der Waals surface area contributed by atoms with E-state index >= 15 is 0 Å². The van der Waals surface area contributed by atoms with Crippen LogP contribution in [0.25, 0.3) is 0 Å². The second-order valence-corrected chi connectivity index (χ2v) is 8.38. The molecule has 0 bridgehead atoms. The number of hydrogen-bond donors (Lipinski definition) is 0. The van der Waals surface area contributed by atoms with Crippen molar-refractivity contribution in [1.29, 1.82) is 0 Å². The van der Waals surface area contributed by atoms with Crippen molar-refractivity contribution in [2.24, 2.45) is 0 Å². The molecule has 0 N–H and O–H groups in total. The van der Waals surface area contributed by atoms with Crippen molar-refractivity contribution in [3.8, 4) is 0 Å².